The van der Waals surface area contributed by atoms with E-state index in [2.05, 4.69) is 45.5 Å². The predicted molar refractivity (Wildman–Crippen MR) is 118 cm³/mol. The first-order chi connectivity index (χ1) is 14.7. The number of guanidine groups is 1. The summed E-state index contributed by atoms with van der Waals surface area (Å²) >= 11 is 0. The molecule has 2 aliphatic rings. The van der Waals surface area contributed by atoms with Gasteiger partial charge in [0, 0.05) is 51.3 Å². The van der Waals surface area contributed by atoms with Crippen LogP contribution in [0.2, 0.25) is 0 Å². The number of likely N-dealkylation sites (tertiary alicyclic amines) is 1. The molecule has 1 fully saturated rings. The summed E-state index contributed by atoms with van der Waals surface area (Å²) in [5.41, 5.74) is 4.27. The standard InChI is InChI=1S/C24H27N5O/c1-26-24(27-16-19-10-8-18(15-25)9-11-19)29-17-20(21-5-2-3-6-22(21)29)12-14-28-13-4-7-23(28)30/h2-3,5-6,8-11,20H,4,7,12-14,16-17H2,1H3,(H,26,27). The highest BCUT2D eigenvalue weighted by Gasteiger charge is 2.32. The Morgan fingerprint density at radius 2 is 2.03 bits per heavy atom. The second-order valence-corrected chi connectivity index (χ2v) is 7.85. The Labute approximate surface area is 177 Å². The molecule has 4 rings (SSSR count). The van der Waals surface area contributed by atoms with Crippen molar-refractivity contribution in [2.45, 2.75) is 31.7 Å². The van der Waals surface area contributed by atoms with E-state index in [4.69, 9.17) is 5.26 Å². The van der Waals surface area contributed by atoms with Gasteiger partial charge in [-0.25, -0.2) is 0 Å². The quantitative estimate of drug-likeness (QED) is 0.617. The predicted octanol–water partition coefficient (Wildman–Crippen LogP) is 3.25. The maximum atomic E-state index is 12.0. The molecule has 6 nitrogen and oxygen atoms in total. The van der Waals surface area contributed by atoms with Crippen molar-refractivity contribution in [1.82, 2.24) is 10.2 Å². The zero-order chi connectivity index (χ0) is 20.9. The van der Waals surface area contributed by atoms with E-state index in [1.54, 1.807) is 7.05 Å². The summed E-state index contributed by atoms with van der Waals surface area (Å²) in [6, 6.07) is 18.2. The number of amides is 1. The van der Waals surface area contributed by atoms with Crippen LogP contribution in [0.1, 0.15) is 41.9 Å². The number of hydrogen-bond acceptors (Lipinski definition) is 3. The molecule has 0 bridgehead atoms. The van der Waals surface area contributed by atoms with Crippen molar-refractivity contribution in [1.29, 1.82) is 5.26 Å². The summed E-state index contributed by atoms with van der Waals surface area (Å²) in [7, 11) is 1.81. The Hall–Kier alpha value is -3.33. The van der Waals surface area contributed by atoms with Gasteiger partial charge in [-0.05, 0) is 42.2 Å². The molecule has 30 heavy (non-hydrogen) atoms. The molecule has 2 aromatic rings. The smallest absolute Gasteiger partial charge is 0.222 e. The zero-order valence-electron chi connectivity index (χ0n) is 17.3. The van der Waals surface area contributed by atoms with Gasteiger partial charge in [-0.3, -0.25) is 9.79 Å². The van der Waals surface area contributed by atoms with Crippen LogP contribution in [0.25, 0.3) is 0 Å². The number of nitriles is 1. The van der Waals surface area contributed by atoms with Crippen molar-refractivity contribution < 1.29 is 4.79 Å². The van der Waals surface area contributed by atoms with Crippen LogP contribution in [-0.2, 0) is 11.3 Å². The second kappa shape index (κ2) is 9.00. The molecule has 1 unspecified atom stereocenters. The lowest BCUT2D eigenvalue weighted by Gasteiger charge is -2.23. The van der Waals surface area contributed by atoms with Crippen LogP contribution in [0, 0.1) is 11.3 Å². The summed E-state index contributed by atoms with van der Waals surface area (Å²) in [6.07, 6.45) is 2.64. The number of rotatable bonds is 5. The van der Waals surface area contributed by atoms with Crippen molar-refractivity contribution in [3.8, 4) is 6.07 Å². The van der Waals surface area contributed by atoms with Gasteiger partial charge in [-0.15, -0.1) is 0 Å². The molecule has 0 spiro atoms. The van der Waals surface area contributed by atoms with E-state index >= 15 is 0 Å². The maximum absolute atomic E-state index is 12.0. The van der Waals surface area contributed by atoms with E-state index in [0.717, 1.165) is 44.0 Å². The van der Waals surface area contributed by atoms with E-state index in [1.165, 1.54) is 11.3 Å². The molecule has 0 aromatic heterocycles. The third-order valence-electron chi connectivity index (χ3n) is 5.99. The first-order valence-corrected chi connectivity index (χ1v) is 10.5. The monoisotopic (exact) mass is 401 g/mol. The molecule has 0 radical (unpaired) electrons. The summed E-state index contributed by atoms with van der Waals surface area (Å²) in [4.78, 5) is 20.7. The van der Waals surface area contributed by atoms with Gasteiger partial charge >= 0.3 is 0 Å². The van der Waals surface area contributed by atoms with Gasteiger partial charge < -0.3 is 15.1 Å². The van der Waals surface area contributed by atoms with Crippen LogP contribution in [0.4, 0.5) is 5.69 Å². The number of carbonyl (C=O) groups excluding carboxylic acids is 1. The molecule has 0 aliphatic carbocycles. The van der Waals surface area contributed by atoms with Gasteiger partial charge in [0.1, 0.15) is 0 Å². The third kappa shape index (κ3) is 4.16. The molecule has 2 aromatic carbocycles. The van der Waals surface area contributed by atoms with Gasteiger partial charge in [0.25, 0.3) is 0 Å². The number of benzene rings is 2. The van der Waals surface area contributed by atoms with Crippen LogP contribution < -0.4 is 10.2 Å². The fourth-order valence-corrected chi connectivity index (χ4v) is 4.37. The van der Waals surface area contributed by atoms with Crippen molar-refractivity contribution in [3.63, 3.8) is 0 Å². The molecule has 2 aliphatic heterocycles. The van der Waals surface area contributed by atoms with Gasteiger partial charge in [-0.2, -0.15) is 5.26 Å². The summed E-state index contributed by atoms with van der Waals surface area (Å²) in [6.45, 7) is 3.21. The van der Waals surface area contributed by atoms with Gasteiger partial charge in [-0.1, -0.05) is 30.3 Å². The molecule has 6 heteroatoms. The van der Waals surface area contributed by atoms with Crippen molar-refractivity contribution in [3.05, 3.63) is 65.2 Å². The lowest BCUT2D eigenvalue weighted by molar-refractivity contribution is -0.127. The Morgan fingerprint density at radius 1 is 1.23 bits per heavy atom. The van der Waals surface area contributed by atoms with E-state index in [0.29, 0.717) is 24.4 Å². The highest BCUT2D eigenvalue weighted by atomic mass is 16.2. The van der Waals surface area contributed by atoms with E-state index in [1.807, 2.05) is 29.2 Å². The molecule has 1 amide bonds. The Bertz CT molecular complexity index is 976. The minimum Gasteiger partial charge on any atom is -0.352 e. The SMILES string of the molecule is CN=C(NCc1ccc(C#N)cc1)N1CC(CCN2CCCC2=O)c2ccccc21. The fourth-order valence-electron chi connectivity index (χ4n) is 4.37. The third-order valence-corrected chi connectivity index (χ3v) is 5.99. The van der Waals surface area contributed by atoms with Gasteiger partial charge in [0.05, 0.1) is 11.6 Å². The molecule has 2 heterocycles. The maximum Gasteiger partial charge on any atom is 0.222 e. The van der Waals surface area contributed by atoms with E-state index < -0.39 is 0 Å². The van der Waals surface area contributed by atoms with Crippen LogP contribution in [0.15, 0.2) is 53.5 Å². The summed E-state index contributed by atoms with van der Waals surface area (Å²) in [5, 5.41) is 12.4. The number of aliphatic imine (C=N–C) groups is 1. The number of nitrogens with one attached hydrogen (secondary N) is 1. The number of fused-ring (bicyclic) bond motifs is 1. The first-order valence-electron chi connectivity index (χ1n) is 10.5. The minimum absolute atomic E-state index is 0.290. The number of anilines is 1. The number of para-hydroxylation sites is 1. The molecular weight excluding hydrogens is 374 g/mol. The van der Waals surface area contributed by atoms with Crippen LogP contribution in [0.3, 0.4) is 0 Å². The second-order valence-electron chi connectivity index (χ2n) is 7.85. The fraction of sp³-hybridized carbons (Fsp3) is 0.375. The highest BCUT2D eigenvalue weighted by Crippen LogP contribution is 2.38. The number of carbonyl (C=O) groups is 1. The lowest BCUT2D eigenvalue weighted by atomic mass is 9.98. The number of hydrogen-bond donors (Lipinski definition) is 1. The summed E-state index contributed by atoms with van der Waals surface area (Å²) < 4.78 is 0. The van der Waals surface area contributed by atoms with Crippen molar-refractivity contribution >= 4 is 17.6 Å². The largest absolute Gasteiger partial charge is 0.352 e. The van der Waals surface area contributed by atoms with Crippen molar-refractivity contribution in [2.24, 2.45) is 4.99 Å². The minimum atomic E-state index is 0.290. The van der Waals surface area contributed by atoms with Crippen molar-refractivity contribution in [2.75, 3.05) is 31.6 Å². The highest BCUT2D eigenvalue weighted by molar-refractivity contribution is 5.98. The van der Waals surface area contributed by atoms with Gasteiger partial charge in [0.15, 0.2) is 5.96 Å². The lowest BCUT2D eigenvalue weighted by Crippen LogP contribution is -2.40. The van der Waals surface area contributed by atoms with Crippen LogP contribution >= 0.6 is 0 Å². The molecule has 154 valence electrons. The van der Waals surface area contributed by atoms with Crippen LogP contribution in [0.5, 0.6) is 0 Å². The molecule has 1 atom stereocenters. The zero-order valence-corrected chi connectivity index (χ0v) is 17.3. The normalized spacial score (nSPS) is 18.5. The molecule has 0 saturated carbocycles. The van der Waals surface area contributed by atoms with E-state index in [9.17, 15) is 4.79 Å². The Morgan fingerprint density at radius 3 is 2.73 bits per heavy atom. The average molecular weight is 402 g/mol. The Kier molecular flexibility index (Phi) is 5.99. The topological polar surface area (TPSA) is 71.7 Å². The van der Waals surface area contributed by atoms with Gasteiger partial charge in [0.2, 0.25) is 5.91 Å². The number of nitrogens with zero attached hydrogens (tertiary/aromatic N) is 4. The molecule has 1 saturated heterocycles. The molecular formula is C24H27N5O. The Balaban J connectivity index is 1.44. The van der Waals surface area contributed by atoms with E-state index in [-0.39, 0.29) is 5.91 Å². The van der Waals surface area contributed by atoms with Crippen LogP contribution in [-0.4, -0.2) is 43.4 Å². The first kappa shape index (κ1) is 20.0. The molecule has 1 N–H and O–H groups in total. The average Bonchev–Trinajstić information content (AvgIpc) is 3.36. The summed E-state index contributed by atoms with van der Waals surface area (Å²) in [5.74, 6) is 1.51.